The molecule has 1 atom stereocenters. The van der Waals surface area contributed by atoms with Crippen LogP contribution in [0.15, 0.2) is 24.3 Å². The van der Waals surface area contributed by atoms with E-state index in [2.05, 4.69) is 0 Å². The van der Waals surface area contributed by atoms with E-state index in [0.29, 0.717) is 5.56 Å². The molecule has 1 aromatic carbocycles. The van der Waals surface area contributed by atoms with E-state index in [4.69, 9.17) is 15.6 Å². The summed E-state index contributed by atoms with van der Waals surface area (Å²) >= 11 is 0. The second-order valence-electron chi connectivity index (χ2n) is 5.32. The third kappa shape index (κ3) is 5.09. The van der Waals surface area contributed by atoms with Crippen LogP contribution in [0.1, 0.15) is 49.2 Å². The van der Waals surface area contributed by atoms with Crippen LogP contribution >= 0.6 is 0 Å². The lowest BCUT2D eigenvalue weighted by molar-refractivity contribution is -0.155. The molecule has 0 aromatic heterocycles. The summed E-state index contributed by atoms with van der Waals surface area (Å²) in [6.07, 6.45) is 0.0592. The standard InChI is InChI=1S/C14H19NO4/c1-14(2,3)19-12(16)8-11(15)9-4-6-10(7-5-9)13(17)18/h4-7,11H,8,15H2,1-3H3,(H,17,18). The fourth-order valence-corrected chi connectivity index (χ4v) is 1.55. The Labute approximate surface area is 112 Å². The first-order valence-electron chi connectivity index (χ1n) is 6.00. The molecule has 0 heterocycles. The molecule has 104 valence electrons. The van der Waals surface area contributed by atoms with E-state index in [-0.39, 0.29) is 18.0 Å². The van der Waals surface area contributed by atoms with Gasteiger partial charge in [0.2, 0.25) is 0 Å². The third-order valence-corrected chi connectivity index (χ3v) is 2.39. The molecule has 0 radical (unpaired) electrons. The molecular formula is C14H19NO4. The van der Waals surface area contributed by atoms with Crippen LogP contribution in [-0.4, -0.2) is 22.6 Å². The number of ether oxygens (including phenoxy) is 1. The lowest BCUT2D eigenvalue weighted by Gasteiger charge is -2.21. The number of carbonyl (C=O) groups is 2. The van der Waals surface area contributed by atoms with Crippen LogP contribution in [-0.2, 0) is 9.53 Å². The van der Waals surface area contributed by atoms with Gasteiger partial charge in [0.1, 0.15) is 5.60 Å². The lowest BCUT2D eigenvalue weighted by atomic mass is 10.0. The Hall–Kier alpha value is -1.88. The minimum absolute atomic E-state index is 0.0592. The summed E-state index contributed by atoms with van der Waals surface area (Å²) in [5.41, 5.74) is 6.25. The van der Waals surface area contributed by atoms with Crippen molar-refractivity contribution in [1.29, 1.82) is 0 Å². The maximum absolute atomic E-state index is 11.6. The summed E-state index contributed by atoms with van der Waals surface area (Å²) in [7, 11) is 0. The fourth-order valence-electron chi connectivity index (χ4n) is 1.55. The predicted octanol–water partition coefficient (Wildman–Crippen LogP) is 2.12. The van der Waals surface area contributed by atoms with Crippen molar-refractivity contribution in [3.63, 3.8) is 0 Å². The Kier molecular flexibility index (Phi) is 4.67. The summed E-state index contributed by atoms with van der Waals surface area (Å²) in [5, 5.41) is 8.78. The van der Waals surface area contributed by atoms with Gasteiger partial charge < -0.3 is 15.6 Å². The zero-order valence-electron chi connectivity index (χ0n) is 11.3. The molecule has 1 unspecified atom stereocenters. The van der Waals surface area contributed by atoms with Gasteiger partial charge in [0, 0.05) is 6.04 Å². The maximum Gasteiger partial charge on any atom is 0.335 e. The lowest BCUT2D eigenvalue weighted by Crippen LogP contribution is -2.26. The van der Waals surface area contributed by atoms with Crippen LogP contribution in [0, 0.1) is 0 Å². The van der Waals surface area contributed by atoms with Gasteiger partial charge in [-0.2, -0.15) is 0 Å². The van der Waals surface area contributed by atoms with E-state index in [9.17, 15) is 9.59 Å². The summed E-state index contributed by atoms with van der Waals surface area (Å²) in [6.45, 7) is 5.37. The van der Waals surface area contributed by atoms with Crippen molar-refractivity contribution in [3.05, 3.63) is 35.4 Å². The first-order valence-corrected chi connectivity index (χ1v) is 6.00. The molecule has 5 heteroatoms. The highest BCUT2D eigenvalue weighted by Crippen LogP contribution is 2.17. The first-order chi connectivity index (χ1) is 8.69. The smallest absolute Gasteiger partial charge is 0.335 e. The van der Waals surface area contributed by atoms with Gasteiger partial charge in [-0.25, -0.2) is 4.79 Å². The van der Waals surface area contributed by atoms with Crippen molar-refractivity contribution in [2.45, 2.75) is 38.8 Å². The minimum Gasteiger partial charge on any atom is -0.478 e. The number of benzene rings is 1. The van der Waals surface area contributed by atoms with Crippen LogP contribution in [0.4, 0.5) is 0 Å². The molecule has 0 amide bonds. The van der Waals surface area contributed by atoms with Crippen molar-refractivity contribution in [2.24, 2.45) is 5.73 Å². The number of hydrogen-bond acceptors (Lipinski definition) is 4. The zero-order chi connectivity index (χ0) is 14.6. The summed E-state index contributed by atoms with van der Waals surface area (Å²) in [4.78, 5) is 22.3. The highest BCUT2D eigenvalue weighted by molar-refractivity contribution is 5.87. The van der Waals surface area contributed by atoms with Crippen LogP contribution < -0.4 is 5.73 Å². The molecule has 0 aliphatic heterocycles. The molecule has 1 rings (SSSR count). The summed E-state index contributed by atoms with van der Waals surface area (Å²) in [6, 6.07) is 5.65. The van der Waals surface area contributed by atoms with E-state index in [1.807, 2.05) is 0 Å². The molecular weight excluding hydrogens is 246 g/mol. The number of carboxylic acids is 1. The molecule has 0 aliphatic carbocycles. The van der Waals surface area contributed by atoms with Gasteiger partial charge >= 0.3 is 11.9 Å². The zero-order valence-corrected chi connectivity index (χ0v) is 11.3. The Morgan fingerprint density at radius 1 is 1.26 bits per heavy atom. The van der Waals surface area contributed by atoms with Crippen molar-refractivity contribution in [2.75, 3.05) is 0 Å². The Morgan fingerprint density at radius 2 is 1.79 bits per heavy atom. The highest BCUT2D eigenvalue weighted by Gasteiger charge is 2.19. The van der Waals surface area contributed by atoms with Gasteiger partial charge in [-0.1, -0.05) is 12.1 Å². The second kappa shape index (κ2) is 5.84. The van der Waals surface area contributed by atoms with Crippen LogP contribution in [0.2, 0.25) is 0 Å². The van der Waals surface area contributed by atoms with E-state index >= 15 is 0 Å². The van der Waals surface area contributed by atoms with Crippen LogP contribution in [0.3, 0.4) is 0 Å². The Morgan fingerprint density at radius 3 is 2.21 bits per heavy atom. The Balaban J connectivity index is 2.65. The molecule has 0 aliphatic rings. The molecule has 0 bridgehead atoms. The van der Waals surface area contributed by atoms with Gasteiger partial charge in [0.25, 0.3) is 0 Å². The van der Waals surface area contributed by atoms with Gasteiger partial charge in [0.05, 0.1) is 12.0 Å². The molecule has 3 N–H and O–H groups in total. The maximum atomic E-state index is 11.6. The average Bonchev–Trinajstić information content (AvgIpc) is 2.26. The molecule has 1 aromatic rings. The van der Waals surface area contributed by atoms with Gasteiger partial charge in [-0.15, -0.1) is 0 Å². The first kappa shape index (κ1) is 15.2. The second-order valence-corrected chi connectivity index (χ2v) is 5.32. The summed E-state index contributed by atoms with van der Waals surface area (Å²) < 4.78 is 5.18. The van der Waals surface area contributed by atoms with E-state index < -0.39 is 17.6 Å². The van der Waals surface area contributed by atoms with Gasteiger partial charge in [-0.3, -0.25) is 4.79 Å². The quantitative estimate of drug-likeness (QED) is 0.814. The van der Waals surface area contributed by atoms with Crippen LogP contribution in [0.5, 0.6) is 0 Å². The number of esters is 1. The molecule has 5 nitrogen and oxygen atoms in total. The number of rotatable bonds is 4. The normalized spacial score (nSPS) is 12.8. The third-order valence-electron chi connectivity index (χ3n) is 2.39. The molecule has 0 spiro atoms. The van der Waals surface area contributed by atoms with Crippen molar-refractivity contribution >= 4 is 11.9 Å². The molecule has 0 saturated heterocycles. The topological polar surface area (TPSA) is 89.6 Å². The number of carboxylic acid groups (broad SMARTS) is 1. The van der Waals surface area contributed by atoms with Gasteiger partial charge in [-0.05, 0) is 38.5 Å². The van der Waals surface area contributed by atoms with E-state index in [0.717, 1.165) is 0 Å². The molecule has 19 heavy (non-hydrogen) atoms. The predicted molar refractivity (Wildman–Crippen MR) is 70.8 cm³/mol. The number of carbonyl (C=O) groups excluding carboxylic acids is 1. The monoisotopic (exact) mass is 265 g/mol. The Bertz CT molecular complexity index is 459. The number of aromatic carboxylic acids is 1. The molecule has 0 fully saturated rings. The number of hydrogen-bond donors (Lipinski definition) is 2. The molecule has 0 saturated carbocycles. The largest absolute Gasteiger partial charge is 0.478 e. The van der Waals surface area contributed by atoms with Crippen LogP contribution in [0.25, 0.3) is 0 Å². The minimum atomic E-state index is -0.993. The van der Waals surface area contributed by atoms with Crippen molar-refractivity contribution in [3.8, 4) is 0 Å². The SMILES string of the molecule is CC(C)(C)OC(=O)CC(N)c1ccc(C(=O)O)cc1. The van der Waals surface area contributed by atoms with Gasteiger partial charge in [0.15, 0.2) is 0 Å². The summed E-state index contributed by atoms with van der Waals surface area (Å²) in [5.74, 6) is -1.37. The average molecular weight is 265 g/mol. The fraction of sp³-hybridized carbons (Fsp3) is 0.429. The van der Waals surface area contributed by atoms with E-state index in [1.165, 1.54) is 12.1 Å². The van der Waals surface area contributed by atoms with E-state index in [1.54, 1.807) is 32.9 Å². The van der Waals surface area contributed by atoms with Crippen molar-refractivity contribution in [1.82, 2.24) is 0 Å². The van der Waals surface area contributed by atoms with Crippen molar-refractivity contribution < 1.29 is 19.4 Å². The highest BCUT2D eigenvalue weighted by atomic mass is 16.6. The number of nitrogens with two attached hydrogens (primary N) is 1.